The molecule has 1 N–H and O–H groups in total. The Hall–Kier alpha value is -2.24. The Labute approximate surface area is 117 Å². The lowest BCUT2D eigenvalue weighted by Gasteiger charge is -2.18. The number of hydrogen-bond acceptors (Lipinski definition) is 4. The minimum absolute atomic E-state index is 0.126. The van der Waals surface area contributed by atoms with Crippen LogP contribution in [0.3, 0.4) is 0 Å². The molecule has 0 radical (unpaired) electrons. The number of likely N-dealkylation sites (N-methyl/N-ethyl adjacent to an activating group) is 1. The Morgan fingerprint density at radius 1 is 1.20 bits per heavy atom. The number of ether oxygens (including phenoxy) is 2. The number of methoxy groups -OCH3 is 2. The van der Waals surface area contributed by atoms with Gasteiger partial charge in [0.05, 0.1) is 20.6 Å². The molecule has 0 aliphatic rings. The number of hydrogen-bond donors (Lipinski definition) is 1. The summed E-state index contributed by atoms with van der Waals surface area (Å²) < 4.78 is 10.3. The fourth-order valence-corrected chi connectivity index (χ4v) is 1.82. The van der Waals surface area contributed by atoms with Crippen molar-refractivity contribution in [1.82, 2.24) is 4.90 Å². The highest BCUT2D eigenvalue weighted by atomic mass is 16.5. The van der Waals surface area contributed by atoms with Crippen molar-refractivity contribution < 1.29 is 24.2 Å². The highest BCUT2D eigenvalue weighted by Crippen LogP contribution is 2.27. The van der Waals surface area contributed by atoms with Crippen LogP contribution in [0.5, 0.6) is 11.5 Å². The van der Waals surface area contributed by atoms with Gasteiger partial charge in [-0.2, -0.15) is 0 Å². The van der Waals surface area contributed by atoms with Crippen LogP contribution in [0.2, 0.25) is 0 Å². The minimum Gasteiger partial charge on any atom is -0.493 e. The Bertz CT molecular complexity index is 486. The fourth-order valence-electron chi connectivity index (χ4n) is 1.82. The van der Waals surface area contributed by atoms with Gasteiger partial charge >= 0.3 is 5.97 Å². The summed E-state index contributed by atoms with van der Waals surface area (Å²) in [5, 5.41) is 8.75. The quantitative estimate of drug-likeness (QED) is 0.812. The number of benzene rings is 1. The lowest BCUT2D eigenvalue weighted by atomic mass is 10.1. The monoisotopic (exact) mass is 281 g/mol. The van der Waals surface area contributed by atoms with Crippen LogP contribution >= 0.6 is 0 Å². The zero-order chi connectivity index (χ0) is 15.1. The first-order valence-electron chi connectivity index (χ1n) is 6.22. The van der Waals surface area contributed by atoms with E-state index in [1.165, 1.54) is 19.1 Å². The molecule has 0 aliphatic carbocycles. The van der Waals surface area contributed by atoms with E-state index >= 15 is 0 Å². The van der Waals surface area contributed by atoms with Gasteiger partial charge in [0.15, 0.2) is 11.5 Å². The summed E-state index contributed by atoms with van der Waals surface area (Å²) in [5.41, 5.74) is 0.747. The molecule has 0 saturated heterocycles. The Balaban J connectivity index is 2.81. The van der Waals surface area contributed by atoms with Crippen LogP contribution < -0.4 is 9.47 Å². The highest BCUT2D eigenvalue weighted by Gasteiger charge is 2.16. The molecule has 6 nitrogen and oxygen atoms in total. The highest BCUT2D eigenvalue weighted by molar-refractivity contribution is 5.83. The van der Waals surface area contributed by atoms with Crippen molar-refractivity contribution in [1.29, 1.82) is 0 Å². The van der Waals surface area contributed by atoms with Gasteiger partial charge in [0.2, 0.25) is 5.91 Å². The standard InChI is InChI=1S/C14H19NO5/c1-4-15(9-14(17)18)13(16)8-10-5-6-11(19-2)12(7-10)20-3/h5-7H,4,8-9H2,1-3H3,(H,17,18). The van der Waals surface area contributed by atoms with Crippen LogP contribution in [0.15, 0.2) is 18.2 Å². The van der Waals surface area contributed by atoms with E-state index in [0.717, 1.165) is 5.56 Å². The third-order valence-electron chi connectivity index (χ3n) is 2.86. The summed E-state index contributed by atoms with van der Waals surface area (Å²) in [7, 11) is 3.06. The second-order valence-electron chi connectivity index (χ2n) is 4.17. The summed E-state index contributed by atoms with van der Waals surface area (Å²) in [6, 6.07) is 5.19. The topological polar surface area (TPSA) is 76.1 Å². The van der Waals surface area contributed by atoms with E-state index in [2.05, 4.69) is 0 Å². The van der Waals surface area contributed by atoms with Crippen LogP contribution in [0.25, 0.3) is 0 Å². The summed E-state index contributed by atoms with van der Waals surface area (Å²) >= 11 is 0. The van der Waals surface area contributed by atoms with Crippen LogP contribution in [0, 0.1) is 0 Å². The predicted molar refractivity (Wildman–Crippen MR) is 73.1 cm³/mol. The molecule has 1 amide bonds. The van der Waals surface area contributed by atoms with E-state index in [9.17, 15) is 9.59 Å². The van der Waals surface area contributed by atoms with Gasteiger partial charge in [0, 0.05) is 6.54 Å². The molecule has 0 heterocycles. The lowest BCUT2D eigenvalue weighted by Crippen LogP contribution is -2.36. The SMILES string of the molecule is CCN(CC(=O)O)C(=O)Cc1ccc(OC)c(OC)c1. The van der Waals surface area contributed by atoms with E-state index in [1.54, 1.807) is 25.1 Å². The van der Waals surface area contributed by atoms with Gasteiger partial charge in [0.25, 0.3) is 0 Å². The number of carbonyl (C=O) groups excluding carboxylic acids is 1. The zero-order valence-corrected chi connectivity index (χ0v) is 11.9. The largest absolute Gasteiger partial charge is 0.493 e. The number of carboxylic acids is 1. The first-order valence-corrected chi connectivity index (χ1v) is 6.22. The van der Waals surface area contributed by atoms with E-state index in [1.807, 2.05) is 0 Å². The van der Waals surface area contributed by atoms with E-state index < -0.39 is 5.97 Å². The molecule has 1 aromatic carbocycles. The first-order chi connectivity index (χ1) is 9.51. The number of amides is 1. The second-order valence-corrected chi connectivity index (χ2v) is 4.17. The van der Waals surface area contributed by atoms with Gasteiger partial charge in [0.1, 0.15) is 6.54 Å². The van der Waals surface area contributed by atoms with Crippen molar-refractivity contribution in [3.63, 3.8) is 0 Å². The molecule has 0 atom stereocenters. The van der Waals surface area contributed by atoms with Gasteiger partial charge in [-0.15, -0.1) is 0 Å². The maximum absolute atomic E-state index is 12.0. The van der Waals surface area contributed by atoms with Gasteiger partial charge in [-0.3, -0.25) is 9.59 Å². The van der Waals surface area contributed by atoms with Gasteiger partial charge in [-0.1, -0.05) is 6.07 Å². The minimum atomic E-state index is -1.02. The normalized spacial score (nSPS) is 9.95. The molecule has 0 fully saturated rings. The van der Waals surface area contributed by atoms with E-state index in [4.69, 9.17) is 14.6 Å². The molecule has 0 spiro atoms. The summed E-state index contributed by atoms with van der Waals surface area (Å²) in [6.07, 6.45) is 0.126. The van der Waals surface area contributed by atoms with Gasteiger partial charge in [-0.25, -0.2) is 0 Å². The molecule has 0 saturated carbocycles. The van der Waals surface area contributed by atoms with Crippen molar-refractivity contribution in [3.05, 3.63) is 23.8 Å². The van der Waals surface area contributed by atoms with Crippen LogP contribution in [0.1, 0.15) is 12.5 Å². The van der Waals surface area contributed by atoms with Crippen LogP contribution in [0.4, 0.5) is 0 Å². The predicted octanol–water partition coefficient (Wildman–Crippen LogP) is 1.18. The molecular formula is C14H19NO5. The number of carboxylic acid groups (broad SMARTS) is 1. The smallest absolute Gasteiger partial charge is 0.323 e. The maximum Gasteiger partial charge on any atom is 0.323 e. The van der Waals surface area contributed by atoms with Crippen molar-refractivity contribution in [2.24, 2.45) is 0 Å². The third-order valence-corrected chi connectivity index (χ3v) is 2.86. The molecule has 0 aliphatic heterocycles. The summed E-state index contributed by atoms with van der Waals surface area (Å²) in [5.74, 6) is -0.129. The van der Waals surface area contributed by atoms with E-state index in [0.29, 0.717) is 18.0 Å². The van der Waals surface area contributed by atoms with E-state index in [-0.39, 0.29) is 18.9 Å². The fraction of sp³-hybridized carbons (Fsp3) is 0.429. The lowest BCUT2D eigenvalue weighted by molar-refractivity contribution is -0.144. The average Bonchev–Trinajstić information content (AvgIpc) is 2.44. The Kier molecular flexibility index (Phi) is 5.83. The van der Waals surface area contributed by atoms with Crippen molar-refractivity contribution in [3.8, 4) is 11.5 Å². The Morgan fingerprint density at radius 2 is 1.85 bits per heavy atom. The van der Waals surface area contributed by atoms with Crippen LogP contribution in [-0.2, 0) is 16.0 Å². The summed E-state index contributed by atoms with van der Waals surface area (Å²) in [4.78, 5) is 24.0. The Morgan fingerprint density at radius 3 is 2.35 bits per heavy atom. The second kappa shape index (κ2) is 7.37. The molecule has 20 heavy (non-hydrogen) atoms. The van der Waals surface area contributed by atoms with Gasteiger partial charge in [-0.05, 0) is 24.6 Å². The molecular weight excluding hydrogens is 262 g/mol. The summed E-state index contributed by atoms with van der Waals surface area (Å²) in [6.45, 7) is 1.82. The zero-order valence-electron chi connectivity index (χ0n) is 11.9. The molecule has 0 bridgehead atoms. The van der Waals surface area contributed by atoms with Crippen molar-refractivity contribution in [2.45, 2.75) is 13.3 Å². The first kappa shape index (κ1) is 15.8. The molecule has 6 heteroatoms. The molecule has 0 aromatic heterocycles. The van der Waals surface area contributed by atoms with Crippen molar-refractivity contribution in [2.75, 3.05) is 27.3 Å². The molecule has 1 aromatic rings. The van der Waals surface area contributed by atoms with Crippen LogP contribution in [-0.4, -0.2) is 49.2 Å². The number of carbonyl (C=O) groups is 2. The third kappa shape index (κ3) is 4.15. The number of nitrogens with zero attached hydrogens (tertiary/aromatic N) is 1. The average molecular weight is 281 g/mol. The number of rotatable bonds is 7. The molecule has 1 rings (SSSR count). The molecule has 0 unspecified atom stereocenters. The van der Waals surface area contributed by atoms with Gasteiger partial charge < -0.3 is 19.5 Å². The molecule has 110 valence electrons. The van der Waals surface area contributed by atoms with Crippen molar-refractivity contribution >= 4 is 11.9 Å². The maximum atomic E-state index is 12.0. The number of aliphatic carboxylic acids is 1.